The predicted molar refractivity (Wildman–Crippen MR) is 101 cm³/mol. The summed E-state index contributed by atoms with van der Waals surface area (Å²) in [6.07, 6.45) is 1.76. The number of nitrogens with zero attached hydrogens (tertiary/aromatic N) is 2. The van der Waals surface area contributed by atoms with Crippen LogP contribution < -0.4 is 0 Å². The Kier molecular flexibility index (Phi) is 4.90. The summed E-state index contributed by atoms with van der Waals surface area (Å²) in [5.41, 5.74) is 2.72. The van der Waals surface area contributed by atoms with Crippen LogP contribution in [0.4, 0.5) is 0 Å². The lowest BCUT2D eigenvalue weighted by atomic mass is 10.2. The molecule has 0 amide bonds. The SMILES string of the molecule is O=C(Cc1csc(-c2ccsc2)n1)OCc1ncc(-c2ccccc2)o1. The quantitative estimate of drug-likeness (QED) is 0.448. The third kappa shape index (κ3) is 3.89. The van der Waals surface area contributed by atoms with Crippen molar-refractivity contribution in [2.75, 3.05) is 0 Å². The molecule has 3 heterocycles. The molecular formula is C19H14N2O3S2. The van der Waals surface area contributed by atoms with Crippen LogP contribution in [-0.4, -0.2) is 15.9 Å². The zero-order chi connectivity index (χ0) is 17.8. The second kappa shape index (κ2) is 7.63. The van der Waals surface area contributed by atoms with Crippen LogP contribution in [0.15, 0.2) is 63.2 Å². The lowest BCUT2D eigenvalue weighted by Gasteiger charge is -2.00. The Bertz CT molecular complexity index is 991. The first kappa shape index (κ1) is 16.7. The van der Waals surface area contributed by atoms with E-state index >= 15 is 0 Å². The maximum absolute atomic E-state index is 12.0. The number of rotatable bonds is 6. The second-order valence-electron chi connectivity index (χ2n) is 5.48. The molecule has 0 radical (unpaired) electrons. The first-order chi connectivity index (χ1) is 12.8. The standard InChI is InChI=1S/C19H14N2O3S2/c22-18(8-15-12-26-19(21-15)14-6-7-25-11-14)23-10-17-20-9-16(24-17)13-4-2-1-3-5-13/h1-7,9,11-12H,8,10H2. The number of carbonyl (C=O) groups is 1. The van der Waals surface area contributed by atoms with Crippen molar-refractivity contribution in [1.29, 1.82) is 0 Å². The summed E-state index contributed by atoms with van der Waals surface area (Å²) in [5.74, 6) is 0.664. The Hall–Kier alpha value is -2.77. The number of ether oxygens (including phenoxy) is 1. The van der Waals surface area contributed by atoms with Crippen molar-refractivity contribution in [3.63, 3.8) is 0 Å². The van der Waals surface area contributed by atoms with E-state index < -0.39 is 0 Å². The molecule has 0 N–H and O–H groups in total. The highest BCUT2D eigenvalue weighted by atomic mass is 32.1. The van der Waals surface area contributed by atoms with Crippen LogP contribution >= 0.6 is 22.7 Å². The lowest BCUT2D eigenvalue weighted by Crippen LogP contribution is -2.08. The average molecular weight is 382 g/mol. The Balaban J connectivity index is 1.32. The van der Waals surface area contributed by atoms with Gasteiger partial charge in [-0.05, 0) is 11.4 Å². The molecule has 0 bridgehead atoms. The molecule has 130 valence electrons. The highest BCUT2D eigenvalue weighted by Gasteiger charge is 2.12. The molecule has 26 heavy (non-hydrogen) atoms. The number of thiophene rings is 1. The Labute approximate surface area is 157 Å². The van der Waals surface area contributed by atoms with Crippen LogP contribution in [0.5, 0.6) is 0 Å². The van der Waals surface area contributed by atoms with Gasteiger partial charge in [0.05, 0.1) is 18.3 Å². The summed E-state index contributed by atoms with van der Waals surface area (Å²) < 4.78 is 10.9. The molecular weight excluding hydrogens is 368 g/mol. The number of hydrogen-bond donors (Lipinski definition) is 0. The second-order valence-corrected chi connectivity index (χ2v) is 7.12. The number of carbonyl (C=O) groups excluding carboxylic acids is 1. The van der Waals surface area contributed by atoms with Crippen LogP contribution in [0, 0.1) is 0 Å². The number of benzene rings is 1. The molecule has 0 aliphatic rings. The number of esters is 1. The molecule has 0 unspecified atom stereocenters. The Morgan fingerprint density at radius 1 is 1.12 bits per heavy atom. The van der Waals surface area contributed by atoms with Gasteiger partial charge in [-0.25, -0.2) is 9.97 Å². The molecule has 0 atom stereocenters. The summed E-state index contributed by atoms with van der Waals surface area (Å²) in [4.78, 5) is 20.7. The molecule has 5 nitrogen and oxygen atoms in total. The van der Waals surface area contributed by atoms with Crippen LogP contribution in [0.1, 0.15) is 11.6 Å². The van der Waals surface area contributed by atoms with Gasteiger partial charge in [0.15, 0.2) is 12.4 Å². The van der Waals surface area contributed by atoms with Gasteiger partial charge in [0.2, 0.25) is 5.89 Å². The minimum atomic E-state index is -0.355. The number of aromatic nitrogens is 2. The highest BCUT2D eigenvalue weighted by molar-refractivity contribution is 7.14. The van der Waals surface area contributed by atoms with Gasteiger partial charge in [0.1, 0.15) is 5.01 Å². The van der Waals surface area contributed by atoms with Gasteiger partial charge in [0, 0.05) is 21.9 Å². The monoisotopic (exact) mass is 382 g/mol. The van der Waals surface area contributed by atoms with Crippen LogP contribution in [-0.2, 0) is 22.6 Å². The predicted octanol–water partition coefficient (Wildman–Crippen LogP) is 4.81. The first-order valence-corrected chi connectivity index (χ1v) is 9.73. The van der Waals surface area contributed by atoms with E-state index in [1.54, 1.807) is 17.5 Å². The van der Waals surface area contributed by atoms with Crippen molar-refractivity contribution >= 4 is 28.6 Å². The largest absolute Gasteiger partial charge is 0.455 e. The van der Waals surface area contributed by atoms with Crippen molar-refractivity contribution in [1.82, 2.24) is 9.97 Å². The normalized spacial score (nSPS) is 10.8. The third-order valence-electron chi connectivity index (χ3n) is 3.61. The number of thiazole rings is 1. The van der Waals surface area contributed by atoms with Crippen molar-refractivity contribution in [3.8, 4) is 21.9 Å². The van der Waals surface area contributed by atoms with Gasteiger partial charge in [-0.1, -0.05) is 30.3 Å². The number of oxazole rings is 1. The summed E-state index contributed by atoms with van der Waals surface area (Å²) in [5, 5.41) is 6.83. The molecule has 4 aromatic rings. The van der Waals surface area contributed by atoms with E-state index in [9.17, 15) is 4.79 Å². The summed E-state index contributed by atoms with van der Waals surface area (Å²) >= 11 is 3.14. The van der Waals surface area contributed by atoms with Gasteiger partial charge in [-0.15, -0.1) is 11.3 Å². The summed E-state index contributed by atoms with van der Waals surface area (Å²) in [6.45, 7) is 0.00713. The van der Waals surface area contributed by atoms with Crippen molar-refractivity contribution in [2.45, 2.75) is 13.0 Å². The molecule has 0 saturated heterocycles. The first-order valence-electron chi connectivity index (χ1n) is 7.90. The molecule has 3 aromatic heterocycles. The van der Waals surface area contributed by atoms with Crippen LogP contribution in [0.3, 0.4) is 0 Å². The van der Waals surface area contributed by atoms with Crippen molar-refractivity contribution in [3.05, 3.63) is 70.3 Å². The molecule has 0 fully saturated rings. The minimum absolute atomic E-state index is 0.00713. The maximum Gasteiger partial charge on any atom is 0.312 e. The topological polar surface area (TPSA) is 65.2 Å². The number of hydrogen-bond acceptors (Lipinski definition) is 7. The van der Waals surface area contributed by atoms with Crippen LogP contribution in [0.2, 0.25) is 0 Å². The molecule has 0 aliphatic heterocycles. The lowest BCUT2D eigenvalue weighted by molar-refractivity contribution is -0.144. The van der Waals surface area contributed by atoms with E-state index in [2.05, 4.69) is 9.97 Å². The van der Waals surface area contributed by atoms with E-state index in [1.165, 1.54) is 11.3 Å². The molecule has 7 heteroatoms. The Morgan fingerprint density at radius 3 is 2.81 bits per heavy atom. The summed E-state index contributed by atoms with van der Waals surface area (Å²) in [6, 6.07) is 11.7. The molecule has 1 aromatic carbocycles. The smallest absolute Gasteiger partial charge is 0.312 e. The Morgan fingerprint density at radius 2 is 2.00 bits per heavy atom. The molecule has 4 rings (SSSR count). The average Bonchev–Trinajstić information content (AvgIpc) is 3.41. The third-order valence-corrected chi connectivity index (χ3v) is 5.24. The van der Waals surface area contributed by atoms with E-state index in [0.29, 0.717) is 17.3 Å². The zero-order valence-corrected chi connectivity index (χ0v) is 15.3. The van der Waals surface area contributed by atoms with Gasteiger partial charge >= 0.3 is 5.97 Å². The van der Waals surface area contributed by atoms with Gasteiger partial charge in [0.25, 0.3) is 0 Å². The van der Waals surface area contributed by atoms with E-state index in [-0.39, 0.29) is 19.0 Å². The molecule has 0 saturated carbocycles. The highest BCUT2D eigenvalue weighted by Crippen LogP contribution is 2.26. The van der Waals surface area contributed by atoms with E-state index in [4.69, 9.17) is 9.15 Å². The van der Waals surface area contributed by atoms with Gasteiger partial charge in [-0.3, -0.25) is 4.79 Å². The molecule has 0 spiro atoms. The fourth-order valence-corrected chi connectivity index (χ4v) is 3.89. The summed E-state index contributed by atoms with van der Waals surface area (Å²) in [7, 11) is 0. The fourth-order valence-electron chi connectivity index (χ4n) is 2.36. The van der Waals surface area contributed by atoms with Crippen molar-refractivity contribution in [2.24, 2.45) is 0 Å². The van der Waals surface area contributed by atoms with Gasteiger partial charge < -0.3 is 9.15 Å². The van der Waals surface area contributed by atoms with Crippen molar-refractivity contribution < 1.29 is 13.9 Å². The fraction of sp³-hybridized carbons (Fsp3) is 0.105. The van der Waals surface area contributed by atoms with E-state index in [1.807, 2.05) is 52.5 Å². The molecule has 0 aliphatic carbocycles. The maximum atomic E-state index is 12.0. The van der Waals surface area contributed by atoms with Gasteiger partial charge in [-0.2, -0.15) is 11.3 Å². The zero-order valence-electron chi connectivity index (χ0n) is 13.6. The minimum Gasteiger partial charge on any atom is -0.455 e. The van der Waals surface area contributed by atoms with Crippen LogP contribution in [0.25, 0.3) is 21.9 Å². The van der Waals surface area contributed by atoms with E-state index in [0.717, 1.165) is 16.1 Å².